The van der Waals surface area contributed by atoms with E-state index in [-0.39, 0.29) is 6.61 Å². The molecule has 0 radical (unpaired) electrons. The first-order valence-corrected chi connectivity index (χ1v) is 5.73. The second-order valence-electron chi connectivity index (χ2n) is 2.95. The predicted octanol–water partition coefficient (Wildman–Crippen LogP) is -0.103. The molecule has 1 amide bonds. The monoisotopic (exact) mass is 245 g/mol. The van der Waals surface area contributed by atoms with Crippen LogP contribution < -0.4 is 15.6 Å². The van der Waals surface area contributed by atoms with Gasteiger partial charge in [0.1, 0.15) is 6.61 Å². The van der Waals surface area contributed by atoms with Crippen molar-refractivity contribution < 1.29 is 17.9 Å². The number of carbonyl (C=O) groups excluding carboxylic acids is 1. The van der Waals surface area contributed by atoms with Crippen molar-refractivity contribution in [3.63, 3.8) is 0 Å². The highest BCUT2D eigenvalue weighted by Crippen LogP contribution is 2.10. The van der Waals surface area contributed by atoms with E-state index in [0.717, 1.165) is 0 Å². The molecule has 0 fully saturated rings. The van der Waals surface area contributed by atoms with E-state index in [4.69, 9.17) is 10.9 Å². The zero-order valence-electron chi connectivity index (χ0n) is 8.21. The Morgan fingerprint density at radius 1 is 1.31 bits per heavy atom. The molecule has 0 unspecified atom stereocenters. The largest absolute Gasteiger partial charge is 0.445 e. The van der Waals surface area contributed by atoms with Gasteiger partial charge in [0.2, 0.25) is 0 Å². The minimum Gasteiger partial charge on any atom is -0.445 e. The Bertz CT molecular complexity index is 469. The van der Waals surface area contributed by atoms with E-state index >= 15 is 0 Å². The standard InChI is InChI=1S/C8H11N3O4S/c9-8(12)15-5-6-1-3-7(4-2-6)11-16(10,13)14/h1-4,11H,5H2,(H2,9,12)(H2,10,13,14). The number of benzene rings is 1. The summed E-state index contributed by atoms with van der Waals surface area (Å²) in [4.78, 5) is 10.3. The van der Waals surface area contributed by atoms with Crippen molar-refractivity contribution >= 4 is 22.0 Å². The van der Waals surface area contributed by atoms with Crippen molar-refractivity contribution in [2.24, 2.45) is 10.9 Å². The lowest BCUT2D eigenvalue weighted by molar-refractivity contribution is 0.150. The lowest BCUT2D eigenvalue weighted by atomic mass is 10.2. The number of rotatable bonds is 4. The van der Waals surface area contributed by atoms with Crippen LogP contribution in [0.5, 0.6) is 0 Å². The van der Waals surface area contributed by atoms with Gasteiger partial charge in [0.05, 0.1) is 0 Å². The summed E-state index contributed by atoms with van der Waals surface area (Å²) >= 11 is 0. The first-order chi connectivity index (χ1) is 7.37. The fourth-order valence-corrected chi connectivity index (χ4v) is 1.45. The Morgan fingerprint density at radius 3 is 2.31 bits per heavy atom. The molecule has 0 heterocycles. The summed E-state index contributed by atoms with van der Waals surface area (Å²) in [6, 6.07) is 6.14. The second kappa shape index (κ2) is 4.81. The van der Waals surface area contributed by atoms with Crippen LogP contribution in [-0.2, 0) is 21.6 Å². The van der Waals surface area contributed by atoms with Gasteiger partial charge >= 0.3 is 6.09 Å². The van der Waals surface area contributed by atoms with Crippen LogP contribution in [0.4, 0.5) is 10.5 Å². The zero-order chi connectivity index (χ0) is 12.2. The van der Waals surface area contributed by atoms with Crippen LogP contribution in [-0.4, -0.2) is 14.5 Å². The lowest BCUT2D eigenvalue weighted by Crippen LogP contribution is -2.21. The van der Waals surface area contributed by atoms with Gasteiger partial charge in [-0.3, -0.25) is 4.72 Å². The molecule has 0 aliphatic heterocycles. The molecular formula is C8H11N3O4S. The van der Waals surface area contributed by atoms with Crippen molar-refractivity contribution in [3.05, 3.63) is 29.8 Å². The fraction of sp³-hybridized carbons (Fsp3) is 0.125. The number of amides is 1. The van der Waals surface area contributed by atoms with Crippen LogP contribution in [0.25, 0.3) is 0 Å². The SMILES string of the molecule is NC(=O)OCc1ccc(NS(N)(=O)=O)cc1. The van der Waals surface area contributed by atoms with Crippen molar-refractivity contribution in [2.75, 3.05) is 4.72 Å². The van der Waals surface area contributed by atoms with Crippen LogP contribution in [0.1, 0.15) is 5.56 Å². The smallest absolute Gasteiger partial charge is 0.404 e. The summed E-state index contributed by atoms with van der Waals surface area (Å²) in [6.45, 7) is 0.0327. The molecule has 5 N–H and O–H groups in total. The lowest BCUT2D eigenvalue weighted by Gasteiger charge is -2.05. The normalized spacial score (nSPS) is 10.8. The maximum atomic E-state index is 10.7. The van der Waals surface area contributed by atoms with Gasteiger partial charge in [-0.15, -0.1) is 0 Å². The van der Waals surface area contributed by atoms with Gasteiger partial charge in [-0.25, -0.2) is 9.93 Å². The Morgan fingerprint density at radius 2 is 1.88 bits per heavy atom. The molecule has 0 aromatic heterocycles. The maximum Gasteiger partial charge on any atom is 0.404 e. The molecule has 8 heteroatoms. The summed E-state index contributed by atoms with van der Waals surface area (Å²) in [6.07, 6.45) is -0.869. The highest BCUT2D eigenvalue weighted by Gasteiger charge is 2.02. The molecule has 0 aliphatic carbocycles. The highest BCUT2D eigenvalue weighted by atomic mass is 32.2. The van der Waals surface area contributed by atoms with Crippen LogP contribution in [0.2, 0.25) is 0 Å². The third-order valence-electron chi connectivity index (χ3n) is 1.60. The Labute approximate surface area is 92.6 Å². The molecule has 0 atom stereocenters. The van der Waals surface area contributed by atoms with Gasteiger partial charge in [-0.05, 0) is 17.7 Å². The van der Waals surface area contributed by atoms with Gasteiger partial charge in [0.15, 0.2) is 0 Å². The number of hydrogen-bond donors (Lipinski definition) is 3. The first-order valence-electron chi connectivity index (χ1n) is 4.18. The van der Waals surface area contributed by atoms with Gasteiger partial charge in [0, 0.05) is 5.69 Å². The Kier molecular flexibility index (Phi) is 3.69. The van der Waals surface area contributed by atoms with Crippen LogP contribution in [0, 0.1) is 0 Å². The van der Waals surface area contributed by atoms with Crippen molar-refractivity contribution in [3.8, 4) is 0 Å². The van der Waals surface area contributed by atoms with Crippen LogP contribution in [0.3, 0.4) is 0 Å². The molecule has 1 rings (SSSR count). The third-order valence-corrected chi connectivity index (χ3v) is 2.12. The first kappa shape index (κ1) is 12.3. The average Bonchev–Trinajstić information content (AvgIpc) is 2.14. The number of carbonyl (C=O) groups is 1. The number of primary amides is 1. The third kappa shape index (κ3) is 4.62. The molecule has 0 bridgehead atoms. The van der Waals surface area contributed by atoms with Gasteiger partial charge in [-0.2, -0.15) is 8.42 Å². The van der Waals surface area contributed by atoms with E-state index in [9.17, 15) is 13.2 Å². The minimum absolute atomic E-state index is 0.0327. The summed E-state index contributed by atoms with van der Waals surface area (Å²) in [7, 11) is -3.77. The molecule has 16 heavy (non-hydrogen) atoms. The van der Waals surface area contributed by atoms with Gasteiger partial charge < -0.3 is 10.5 Å². The predicted molar refractivity (Wildman–Crippen MR) is 57.5 cm³/mol. The van der Waals surface area contributed by atoms with Crippen LogP contribution >= 0.6 is 0 Å². The summed E-state index contributed by atoms with van der Waals surface area (Å²) < 4.78 is 28.0. The van der Waals surface area contributed by atoms with Crippen molar-refractivity contribution in [1.82, 2.24) is 0 Å². The van der Waals surface area contributed by atoms with Crippen molar-refractivity contribution in [1.29, 1.82) is 0 Å². The summed E-state index contributed by atoms with van der Waals surface area (Å²) in [5, 5.41) is 4.78. The Balaban J connectivity index is 2.64. The highest BCUT2D eigenvalue weighted by molar-refractivity contribution is 7.90. The molecule has 0 aliphatic rings. The number of hydrogen-bond acceptors (Lipinski definition) is 4. The number of anilines is 1. The molecule has 0 spiro atoms. The minimum atomic E-state index is -3.77. The number of nitrogens with one attached hydrogen (secondary N) is 1. The van der Waals surface area contributed by atoms with Crippen LogP contribution in [0.15, 0.2) is 24.3 Å². The summed E-state index contributed by atoms with van der Waals surface area (Å²) in [5.74, 6) is 0. The molecule has 88 valence electrons. The number of ether oxygens (including phenoxy) is 1. The van der Waals surface area contributed by atoms with E-state index in [0.29, 0.717) is 11.3 Å². The molecule has 0 saturated carbocycles. The molecule has 7 nitrogen and oxygen atoms in total. The Hall–Kier alpha value is -1.80. The second-order valence-corrected chi connectivity index (χ2v) is 4.25. The maximum absolute atomic E-state index is 10.7. The average molecular weight is 245 g/mol. The van der Waals surface area contributed by atoms with E-state index in [2.05, 4.69) is 9.46 Å². The van der Waals surface area contributed by atoms with E-state index in [1.165, 1.54) is 12.1 Å². The van der Waals surface area contributed by atoms with E-state index in [1.54, 1.807) is 12.1 Å². The van der Waals surface area contributed by atoms with Gasteiger partial charge in [0.25, 0.3) is 10.2 Å². The topological polar surface area (TPSA) is 125 Å². The quantitative estimate of drug-likeness (QED) is 0.684. The number of nitrogens with two attached hydrogens (primary N) is 2. The summed E-state index contributed by atoms with van der Waals surface area (Å²) in [5.41, 5.74) is 5.79. The fourth-order valence-electron chi connectivity index (χ4n) is 0.988. The molecule has 0 saturated heterocycles. The van der Waals surface area contributed by atoms with E-state index in [1.807, 2.05) is 0 Å². The molecular weight excluding hydrogens is 234 g/mol. The zero-order valence-corrected chi connectivity index (χ0v) is 9.03. The molecule has 1 aromatic rings. The van der Waals surface area contributed by atoms with Gasteiger partial charge in [-0.1, -0.05) is 12.1 Å². The molecule has 1 aromatic carbocycles. The van der Waals surface area contributed by atoms with Crippen molar-refractivity contribution in [2.45, 2.75) is 6.61 Å². The van der Waals surface area contributed by atoms with E-state index < -0.39 is 16.3 Å².